The number of halogens is 2. The Labute approximate surface area is 164 Å². The molecule has 0 radical (unpaired) electrons. The zero-order chi connectivity index (χ0) is 20.8. The standard InChI is InChI=1S/C18H16ClFN2O6/c1-10-7-12(19)3-6-16(10)27-9-17(23)28-11(2)18(24)21-13-4-5-14(20)15(8-13)22(25)26/h3-8,11H,9H2,1-2H3,(H,21,24)/t11-/m0/s1. The third-order valence-corrected chi connectivity index (χ3v) is 3.81. The first-order valence-electron chi connectivity index (χ1n) is 8.00. The van der Waals surface area contributed by atoms with E-state index in [-0.39, 0.29) is 5.69 Å². The first-order valence-corrected chi connectivity index (χ1v) is 8.38. The second-order valence-electron chi connectivity index (χ2n) is 5.74. The average molecular weight is 411 g/mol. The topological polar surface area (TPSA) is 108 Å². The van der Waals surface area contributed by atoms with Gasteiger partial charge in [-0.05, 0) is 49.7 Å². The molecule has 1 N–H and O–H groups in total. The van der Waals surface area contributed by atoms with Gasteiger partial charge in [-0.15, -0.1) is 0 Å². The van der Waals surface area contributed by atoms with Crippen LogP contribution in [0.25, 0.3) is 0 Å². The number of rotatable bonds is 7. The van der Waals surface area contributed by atoms with Crippen LogP contribution in [0.2, 0.25) is 5.02 Å². The molecule has 148 valence electrons. The molecule has 0 aromatic heterocycles. The number of aryl methyl sites for hydroxylation is 1. The number of amides is 1. The van der Waals surface area contributed by atoms with Gasteiger partial charge in [-0.25, -0.2) is 4.79 Å². The van der Waals surface area contributed by atoms with Gasteiger partial charge in [0.25, 0.3) is 5.91 Å². The van der Waals surface area contributed by atoms with E-state index in [0.29, 0.717) is 10.8 Å². The monoisotopic (exact) mass is 410 g/mol. The molecule has 0 unspecified atom stereocenters. The molecule has 10 heteroatoms. The van der Waals surface area contributed by atoms with E-state index in [0.717, 1.165) is 23.8 Å². The normalized spacial score (nSPS) is 11.4. The molecule has 0 saturated heterocycles. The summed E-state index contributed by atoms with van der Waals surface area (Å²) in [6.45, 7) is 2.64. The molecule has 2 aromatic rings. The molecule has 2 aromatic carbocycles. The van der Waals surface area contributed by atoms with Crippen LogP contribution < -0.4 is 10.1 Å². The smallest absolute Gasteiger partial charge is 0.344 e. The zero-order valence-corrected chi connectivity index (χ0v) is 15.7. The lowest BCUT2D eigenvalue weighted by Crippen LogP contribution is -2.31. The lowest BCUT2D eigenvalue weighted by molar-refractivity contribution is -0.387. The third kappa shape index (κ3) is 5.65. The number of nitro groups is 1. The number of carbonyl (C=O) groups is 2. The Bertz CT molecular complexity index is 921. The minimum absolute atomic E-state index is 0.00552. The van der Waals surface area contributed by atoms with Gasteiger partial charge in [0.15, 0.2) is 12.7 Å². The van der Waals surface area contributed by atoms with E-state index in [9.17, 15) is 24.1 Å². The van der Waals surface area contributed by atoms with Crippen LogP contribution in [0.3, 0.4) is 0 Å². The number of ether oxygens (including phenoxy) is 2. The second-order valence-corrected chi connectivity index (χ2v) is 6.18. The predicted octanol–water partition coefficient (Wildman–Crippen LogP) is 3.64. The maximum Gasteiger partial charge on any atom is 0.344 e. The molecule has 0 heterocycles. The molecular weight excluding hydrogens is 395 g/mol. The van der Waals surface area contributed by atoms with E-state index in [2.05, 4.69) is 5.32 Å². The minimum Gasteiger partial charge on any atom is -0.482 e. The number of nitrogens with one attached hydrogen (secondary N) is 1. The molecule has 0 bridgehead atoms. The van der Waals surface area contributed by atoms with Gasteiger partial charge in [-0.3, -0.25) is 14.9 Å². The summed E-state index contributed by atoms with van der Waals surface area (Å²) in [5, 5.41) is 13.6. The molecule has 0 saturated carbocycles. The van der Waals surface area contributed by atoms with Crippen molar-refractivity contribution in [2.24, 2.45) is 0 Å². The summed E-state index contributed by atoms with van der Waals surface area (Å²) in [6, 6.07) is 7.75. The fraction of sp³-hybridized carbons (Fsp3) is 0.222. The number of benzene rings is 2. The van der Waals surface area contributed by atoms with Gasteiger partial charge >= 0.3 is 11.7 Å². The summed E-state index contributed by atoms with van der Waals surface area (Å²) in [4.78, 5) is 33.8. The van der Waals surface area contributed by atoms with E-state index < -0.39 is 41.0 Å². The summed E-state index contributed by atoms with van der Waals surface area (Å²) in [7, 11) is 0. The molecule has 28 heavy (non-hydrogen) atoms. The third-order valence-electron chi connectivity index (χ3n) is 3.57. The summed E-state index contributed by atoms with van der Waals surface area (Å²) >= 11 is 5.84. The van der Waals surface area contributed by atoms with E-state index in [1.165, 1.54) is 6.92 Å². The number of nitrogens with zero attached hydrogens (tertiary/aromatic N) is 1. The first-order chi connectivity index (χ1) is 13.2. The highest BCUT2D eigenvalue weighted by molar-refractivity contribution is 6.30. The van der Waals surface area contributed by atoms with Crippen molar-refractivity contribution in [1.82, 2.24) is 0 Å². The fourth-order valence-electron chi connectivity index (χ4n) is 2.17. The summed E-state index contributed by atoms with van der Waals surface area (Å²) in [5.41, 5.74) is -0.0628. The number of hydrogen-bond acceptors (Lipinski definition) is 6. The molecule has 0 spiro atoms. The number of carbonyl (C=O) groups excluding carboxylic acids is 2. The second kappa shape index (κ2) is 9.14. The van der Waals surface area contributed by atoms with Crippen molar-refractivity contribution in [1.29, 1.82) is 0 Å². The van der Waals surface area contributed by atoms with Crippen LogP contribution in [0.1, 0.15) is 12.5 Å². The number of anilines is 1. The Morgan fingerprint density at radius 1 is 1.29 bits per heavy atom. The molecule has 1 atom stereocenters. The Morgan fingerprint density at radius 3 is 2.64 bits per heavy atom. The van der Waals surface area contributed by atoms with Gasteiger partial charge in [0.1, 0.15) is 5.75 Å². The molecule has 0 aliphatic carbocycles. The van der Waals surface area contributed by atoms with Crippen molar-refractivity contribution in [3.05, 3.63) is 62.9 Å². The van der Waals surface area contributed by atoms with Gasteiger partial charge in [-0.2, -0.15) is 4.39 Å². The van der Waals surface area contributed by atoms with Crippen molar-refractivity contribution in [3.8, 4) is 5.75 Å². The number of hydrogen-bond donors (Lipinski definition) is 1. The molecule has 0 aliphatic heterocycles. The predicted molar refractivity (Wildman–Crippen MR) is 98.9 cm³/mol. The maximum atomic E-state index is 13.3. The van der Waals surface area contributed by atoms with E-state index in [1.54, 1.807) is 25.1 Å². The van der Waals surface area contributed by atoms with Gasteiger partial charge in [-0.1, -0.05) is 11.6 Å². The van der Waals surface area contributed by atoms with Crippen LogP contribution in [0.5, 0.6) is 5.75 Å². The van der Waals surface area contributed by atoms with Crippen LogP contribution in [0.4, 0.5) is 15.8 Å². The Morgan fingerprint density at radius 2 is 2.00 bits per heavy atom. The SMILES string of the molecule is Cc1cc(Cl)ccc1OCC(=O)O[C@@H](C)C(=O)Nc1ccc(F)c([N+](=O)[O-])c1. The zero-order valence-electron chi connectivity index (χ0n) is 14.9. The molecule has 0 aliphatic rings. The Kier molecular flexibility index (Phi) is 6.89. The lowest BCUT2D eigenvalue weighted by atomic mass is 10.2. The van der Waals surface area contributed by atoms with E-state index in [1.807, 2.05) is 0 Å². The minimum atomic E-state index is -1.20. The molecule has 8 nitrogen and oxygen atoms in total. The highest BCUT2D eigenvalue weighted by Gasteiger charge is 2.20. The first kappa shape index (κ1) is 21.1. The highest BCUT2D eigenvalue weighted by Crippen LogP contribution is 2.23. The molecule has 2 rings (SSSR count). The highest BCUT2D eigenvalue weighted by atomic mass is 35.5. The van der Waals surface area contributed by atoms with Crippen molar-refractivity contribution in [2.75, 3.05) is 11.9 Å². The summed E-state index contributed by atoms with van der Waals surface area (Å²) in [6.07, 6.45) is -1.20. The van der Waals surface area contributed by atoms with Crippen LogP contribution in [-0.4, -0.2) is 29.5 Å². The van der Waals surface area contributed by atoms with Crippen LogP contribution in [0, 0.1) is 22.9 Å². The van der Waals surface area contributed by atoms with Gasteiger partial charge in [0.2, 0.25) is 5.82 Å². The quantitative estimate of drug-likeness (QED) is 0.424. The van der Waals surface area contributed by atoms with Gasteiger partial charge < -0.3 is 14.8 Å². The fourth-order valence-corrected chi connectivity index (χ4v) is 2.40. The Hall–Kier alpha value is -3.20. The van der Waals surface area contributed by atoms with Gasteiger partial charge in [0, 0.05) is 16.8 Å². The van der Waals surface area contributed by atoms with Crippen molar-refractivity contribution < 1.29 is 28.4 Å². The van der Waals surface area contributed by atoms with E-state index in [4.69, 9.17) is 21.1 Å². The lowest BCUT2D eigenvalue weighted by Gasteiger charge is -2.14. The maximum absolute atomic E-state index is 13.3. The van der Waals surface area contributed by atoms with Crippen molar-refractivity contribution >= 4 is 34.9 Å². The summed E-state index contributed by atoms with van der Waals surface area (Å²) in [5.74, 6) is -2.12. The molecular formula is C18H16ClFN2O6. The number of esters is 1. The molecule has 0 fully saturated rings. The van der Waals surface area contributed by atoms with Crippen LogP contribution in [-0.2, 0) is 14.3 Å². The number of nitro benzene ring substituents is 1. The van der Waals surface area contributed by atoms with E-state index >= 15 is 0 Å². The molecule has 1 amide bonds. The van der Waals surface area contributed by atoms with Crippen molar-refractivity contribution in [3.63, 3.8) is 0 Å². The Balaban J connectivity index is 1.90. The summed E-state index contributed by atoms with van der Waals surface area (Å²) < 4.78 is 23.6. The van der Waals surface area contributed by atoms with Crippen molar-refractivity contribution in [2.45, 2.75) is 20.0 Å². The largest absolute Gasteiger partial charge is 0.482 e. The van der Waals surface area contributed by atoms with Crippen LogP contribution >= 0.6 is 11.6 Å². The average Bonchev–Trinajstić information content (AvgIpc) is 2.62. The van der Waals surface area contributed by atoms with Crippen LogP contribution in [0.15, 0.2) is 36.4 Å². The van der Waals surface area contributed by atoms with Gasteiger partial charge in [0.05, 0.1) is 4.92 Å².